The number of rotatable bonds is 6. The summed E-state index contributed by atoms with van der Waals surface area (Å²) in [6.45, 7) is 2.47. The standard InChI is InChI=1S/C14H21FN2O/c1-17(10-14(9-16)5-6-14)8-11-3-4-13(18-2)12(15)7-11/h3-4,7H,5-6,8-10,16H2,1-2H3. The summed E-state index contributed by atoms with van der Waals surface area (Å²) in [7, 11) is 3.53. The van der Waals surface area contributed by atoms with Crippen molar-refractivity contribution >= 4 is 0 Å². The maximum Gasteiger partial charge on any atom is 0.165 e. The third-order valence-corrected chi connectivity index (χ3v) is 3.66. The minimum Gasteiger partial charge on any atom is -0.494 e. The molecule has 1 aliphatic rings. The Morgan fingerprint density at radius 1 is 1.44 bits per heavy atom. The fraction of sp³-hybridized carbons (Fsp3) is 0.571. The smallest absolute Gasteiger partial charge is 0.165 e. The van der Waals surface area contributed by atoms with E-state index in [0.29, 0.717) is 11.2 Å². The van der Waals surface area contributed by atoms with Crippen LogP contribution in [-0.2, 0) is 6.54 Å². The van der Waals surface area contributed by atoms with Crippen LogP contribution in [0.25, 0.3) is 0 Å². The van der Waals surface area contributed by atoms with Crippen LogP contribution in [-0.4, -0.2) is 32.1 Å². The van der Waals surface area contributed by atoms with Crippen LogP contribution in [0.2, 0.25) is 0 Å². The molecule has 0 atom stereocenters. The van der Waals surface area contributed by atoms with Crippen LogP contribution in [0.3, 0.4) is 0 Å². The van der Waals surface area contributed by atoms with Gasteiger partial charge in [-0.3, -0.25) is 0 Å². The molecule has 0 amide bonds. The van der Waals surface area contributed by atoms with Crippen LogP contribution >= 0.6 is 0 Å². The normalized spacial score (nSPS) is 16.9. The highest BCUT2D eigenvalue weighted by Crippen LogP contribution is 2.45. The summed E-state index contributed by atoms with van der Waals surface area (Å²) in [4.78, 5) is 2.21. The Bertz CT molecular complexity index is 418. The molecule has 0 heterocycles. The maximum atomic E-state index is 13.6. The van der Waals surface area contributed by atoms with E-state index in [1.807, 2.05) is 6.07 Å². The van der Waals surface area contributed by atoms with Gasteiger partial charge < -0.3 is 15.4 Å². The van der Waals surface area contributed by atoms with Crippen LogP contribution in [0.1, 0.15) is 18.4 Å². The van der Waals surface area contributed by atoms with E-state index in [9.17, 15) is 4.39 Å². The third-order valence-electron chi connectivity index (χ3n) is 3.66. The van der Waals surface area contributed by atoms with Gasteiger partial charge in [-0.2, -0.15) is 0 Å². The monoisotopic (exact) mass is 252 g/mol. The molecule has 3 nitrogen and oxygen atoms in total. The average Bonchev–Trinajstić information content (AvgIpc) is 3.09. The van der Waals surface area contributed by atoms with Crippen molar-refractivity contribution in [3.8, 4) is 5.75 Å². The highest BCUT2D eigenvalue weighted by Gasteiger charge is 2.41. The SMILES string of the molecule is COc1ccc(CN(C)CC2(CN)CC2)cc1F. The quantitative estimate of drug-likeness (QED) is 0.841. The van der Waals surface area contributed by atoms with Gasteiger partial charge in [0.2, 0.25) is 0 Å². The lowest BCUT2D eigenvalue weighted by molar-refractivity contribution is 0.259. The van der Waals surface area contributed by atoms with Gasteiger partial charge in [0.05, 0.1) is 7.11 Å². The van der Waals surface area contributed by atoms with E-state index in [2.05, 4.69) is 11.9 Å². The van der Waals surface area contributed by atoms with E-state index < -0.39 is 0 Å². The number of ether oxygens (including phenoxy) is 1. The second-order valence-corrected chi connectivity index (χ2v) is 5.35. The van der Waals surface area contributed by atoms with Crippen molar-refractivity contribution in [2.45, 2.75) is 19.4 Å². The summed E-state index contributed by atoms with van der Waals surface area (Å²) in [5, 5.41) is 0. The number of halogens is 1. The van der Waals surface area contributed by atoms with E-state index in [-0.39, 0.29) is 5.82 Å². The van der Waals surface area contributed by atoms with Crippen LogP contribution in [0.15, 0.2) is 18.2 Å². The zero-order chi connectivity index (χ0) is 13.2. The van der Waals surface area contributed by atoms with Gasteiger partial charge in [0, 0.05) is 13.1 Å². The fourth-order valence-electron chi connectivity index (χ4n) is 2.35. The third kappa shape index (κ3) is 3.00. The Morgan fingerprint density at radius 3 is 2.67 bits per heavy atom. The molecule has 1 aromatic carbocycles. The minimum atomic E-state index is -0.302. The molecule has 0 bridgehead atoms. The maximum absolute atomic E-state index is 13.6. The molecule has 18 heavy (non-hydrogen) atoms. The van der Waals surface area contributed by atoms with Crippen molar-refractivity contribution < 1.29 is 9.13 Å². The zero-order valence-electron chi connectivity index (χ0n) is 11.1. The lowest BCUT2D eigenvalue weighted by Gasteiger charge is -2.22. The predicted molar refractivity (Wildman–Crippen MR) is 70.0 cm³/mol. The van der Waals surface area contributed by atoms with Gasteiger partial charge in [0.25, 0.3) is 0 Å². The number of hydrogen-bond donors (Lipinski definition) is 1. The molecule has 0 saturated heterocycles. The molecule has 1 saturated carbocycles. The second kappa shape index (κ2) is 5.24. The van der Waals surface area contributed by atoms with Crippen molar-refractivity contribution in [1.82, 2.24) is 4.90 Å². The minimum absolute atomic E-state index is 0.294. The van der Waals surface area contributed by atoms with Gasteiger partial charge in [0.1, 0.15) is 0 Å². The van der Waals surface area contributed by atoms with Crippen LogP contribution < -0.4 is 10.5 Å². The summed E-state index contributed by atoms with van der Waals surface area (Å²) in [5.74, 6) is -0.00890. The molecule has 2 N–H and O–H groups in total. The highest BCUT2D eigenvalue weighted by atomic mass is 19.1. The molecule has 1 aromatic rings. The Hall–Kier alpha value is -1.13. The predicted octanol–water partition coefficient (Wildman–Crippen LogP) is 2.00. The summed E-state index contributed by atoms with van der Waals surface area (Å²) < 4.78 is 18.5. The van der Waals surface area contributed by atoms with Crippen molar-refractivity contribution in [2.75, 3.05) is 27.2 Å². The van der Waals surface area contributed by atoms with Crippen LogP contribution in [0.4, 0.5) is 4.39 Å². The summed E-state index contributed by atoms with van der Waals surface area (Å²) in [6.07, 6.45) is 2.43. The topological polar surface area (TPSA) is 38.5 Å². The zero-order valence-corrected chi connectivity index (χ0v) is 11.1. The lowest BCUT2D eigenvalue weighted by Crippen LogP contribution is -2.31. The van der Waals surface area contributed by atoms with E-state index in [0.717, 1.165) is 25.2 Å². The number of benzene rings is 1. The van der Waals surface area contributed by atoms with E-state index in [1.54, 1.807) is 6.07 Å². The molecule has 0 unspecified atom stereocenters. The first-order valence-electron chi connectivity index (χ1n) is 6.30. The van der Waals surface area contributed by atoms with E-state index >= 15 is 0 Å². The molecule has 4 heteroatoms. The van der Waals surface area contributed by atoms with Gasteiger partial charge in [-0.1, -0.05) is 6.07 Å². The molecule has 100 valence electrons. The summed E-state index contributed by atoms with van der Waals surface area (Å²) in [5.41, 5.74) is 7.05. The Morgan fingerprint density at radius 2 is 2.17 bits per heavy atom. The van der Waals surface area contributed by atoms with Crippen molar-refractivity contribution in [2.24, 2.45) is 11.1 Å². The molecular weight excluding hydrogens is 231 g/mol. The van der Waals surface area contributed by atoms with E-state index in [1.165, 1.54) is 26.0 Å². The Balaban J connectivity index is 1.94. The van der Waals surface area contributed by atoms with Crippen molar-refractivity contribution in [3.05, 3.63) is 29.6 Å². The van der Waals surface area contributed by atoms with Crippen LogP contribution in [0, 0.1) is 11.2 Å². The summed E-state index contributed by atoms with van der Waals surface area (Å²) in [6, 6.07) is 5.12. The van der Waals surface area contributed by atoms with E-state index in [4.69, 9.17) is 10.5 Å². The fourth-order valence-corrected chi connectivity index (χ4v) is 2.35. The molecule has 0 radical (unpaired) electrons. The number of hydrogen-bond acceptors (Lipinski definition) is 3. The number of nitrogens with zero attached hydrogens (tertiary/aromatic N) is 1. The molecule has 0 aromatic heterocycles. The Labute approximate surface area is 108 Å². The first kappa shape index (κ1) is 13.3. The molecule has 0 aliphatic heterocycles. The van der Waals surface area contributed by atoms with Gasteiger partial charge in [-0.15, -0.1) is 0 Å². The highest BCUT2D eigenvalue weighted by molar-refractivity contribution is 5.29. The van der Waals surface area contributed by atoms with Gasteiger partial charge in [-0.05, 0) is 49.5 Å². The first-order valence-corrected chi connectivity index (χ1v) is 6.30. The number of nitrogens with two attached hydrogens (primary N) is 1. The molecule has 1 aliphatic carbocycles. The molecule has 1 fully saturated rings. The lowest BCUT2D eigenvalue weighted by atomic mass is 10.1. The average molecular weight is 252 g/mol. The first-order chi connectivity index (χ1) is 8.58. The van der Waals surface area contributed by atoms with Gasteiger partial charge >= 0.3 is 0 Å². The molecule has 0 spiro atoms. The van der Waals surface area contributed by atoms with Gasteiger partial charge in [-0.25, -0.2) is 4.39 Å². The van der Waals surface area contributed by atoms with Crippen molar-refractivity contribution in [3.63, 3.8) is 0 Å². The Kier molecular flexibility index (Phi) is 3.88. The van der Waals surface area contributed by atoms with Crippen molar-refractivity contribution in [1.29, 1.82) is 0 Å². The summed E-state index contributed by atoms with van der Waals surface area (Å²) >= 11 is 0. The second-order valence-electron chi connectivity index (χ2n) is 5.35. The molecule has 2 rings (SSSR count). The number of methoxy groups -OCH3 is 1. The molecular formula is C14H21FN2O. The van der Waals surface area contributed by atoms with Gasteiger partial charge in [0.15, 0.2) is 11.6 Å². The van der Waals surface area contributed by atoms with Crippen LogP contribution in [0.5, 0.6) is 5.75 Å². The largest absolute Gasteiger partial charge is 0.494 e.